The van der Waals surface area contributed by atoms with Gasteiger partial charge in [0.25, 0.3) is 0 Å². The van der Waals surface area contributed by atoms with Crippen molar-refractivity contribution in [1.82, 2.24) is 10.6 Å². The van der Waals surface area contributed by atoms with Crippen LogP contribution in [0.3, 0.4) is 0 Å². The van der Waals surface area contributed by atoms with Gasteiger partial charge in [0.05, 0.1) is 20.6 Å². The number of amides is 1. The number of piperidine rings is 1. The predicted molar refractivity (Wildman–Crippen MR) is 77.3 cm³/mol. The Morgan fingerprint density at radius 1 is 1.25 bits per heavy atom. The molecule has 1 fully saturated rings. The van der Waals surface area contributed by atoms with Gasteiger partial charge in [0.1, 0.15) is 11.5 Å². The lowest BCUT2D eigenvalue weighted by molar-refractivity contribution is -0.121. The first-order valence-electron chi connectivity index (χ1n) is 6.94. The molecule has 2 rings (SSSR count). The summed E-state index contributed by atoms with van der Waals surface area (Å²) in [5, 5.41) is 6.36. The van der Waals surface area contributed by atoms with Crippen LogP contribution in [-0.4, -0.2) is 39.3 Å². The first-order valence-corrected chi connectivity index (χ1v) is 6.94. The zero-order valence-electron chi connectivity index (χ0n) is 12.1. The van der Waals surface area contributed by atoms with Gasteiger partial charge in [-0.3, -0.25) is 4.79 Å². The average molecular weight is 278 g/mol. The normalized spacial score (nSPS) is 15.7. The van der Waals surface area contributed by atoms with Crippen molar-refractivity contribution < 1.29 is 14.3 Å². The van der Waals surface area contributed by atoms with Gasteiger partial charge in [-0.1, -0.05) is 6.07 Å². The predicted octanol–water partition coefficient (Wildman–Crippen LogP) is 1.11. The lowest BCUT2D eigenvalue weighted by Crippen LogP contribution is -2.43. The fourth-order valence-corrected chi connectivity index (χ4v) is 2.51. The van der Waals surface area contributed by atoms with Crippen LogP contribution in [0.25, 0.3) is 0 Å². The van der Waals surface area contributed by atoms with Gasteiger partial charge in [0.2, 0.25) is 5.91 Å². The van der Waals surface area contributed by atoms with Gasteiger partial charge in [-0.15, -0.1) is 0 Å². The molecule has 0 aromatic heterocycles. The third-order valence-corrected chi connectivity index (χ3v) is 3.57. The van der Waals surface area contributed by atoms with Crippen molar-refractivity contribution in [2.24, 2.45) is 0 Å². The van der Waals surface area contributed by atoms with Crippen molar-refractivity contribution in [2.45, 2.75) is 25.3 Å². The SMILES string of the molecule is COc1cccc(OC)c1CC(=O)NC1CCNCC1. The first-order chi connectivity index (χ1) is 9.74. The number of rotatable bonds is 5. The van der Waals surface area contributed by atoms with Crippen molar-refractivity contribution in [3.63, 3.8) is 0 Å². The minimum atomic E-state index is 0.0136. The van der Waals surface area contributed by atoms with Gasteiger partial charge in [-0.05, 0) is 38.1 Å². The molecule has 1 amide bonds. The molecule has 0 aliphatic carbocycles. The molecule has 1 aromatic carbocycles. The van der Waals surface area contributed by atoms with Crippen molar-refractivity contribution >= 4 is 5.91 Å². The smallest absolute Gasteiger partial charge is 0.224 e. The number of methoxy groups -OCH3 is 2. The lowest BCUT2D eigenvalue weighted by atomic mass is 10.1. The van der Waals surface area contributed by atoms with E-state index >= 15 is 0 Å². The Balaban J connectivity index is 2.02. The maximum atomic E-state index is 12.2. The molecule has 2 N–H and O–H groups in total. The lowest BCUT2D eigenvalue weighted by Gasteiger charge is -2.24. The molecular formula is C15H22N2O3. The highest BCUT2D eigenvalue weighted by molar-refractivity contribution is 5.80. The van der Waals surface area contributed by atoms with Gasteiger partial charge < -0.3 is 20.1 Å². The van der Waals surface area contributed by atoms with Crippen LogP contribution in [0.15, 0.2) is 18.2 Å². The third kappa shape index (κ3) is 3.63. The van der Waals surface area contributed by atoms with E-state index in [0.29, 0.717) is 11.5 Å². The number of carbonyl (C=O) groups excluding carboxylic acids is 1. The van der Waals surface area contributed by atoms with E-state index in [0.717, 1.165) is 31.5 Å². The number of hydrogen-bond acceptors (Lipinski definition) is 4. The van der Waals surface area contributed by atoms with Crippen LogP contribution in [0.1, 0.15) is 18.4 Å². The molecule has 1 heterocycles. The van der Waals surface area contributed by atoms with Gasteiger partial charge in [-0.25, -0.2) is 0 Å². The van der Waals surface area contributed by atoms with Gasteiger partial charge in [-0.2, -0.15) is 0 Å². The second-order valence-corrected chi connectivity index (χ2v) is 4.91. The van der Waals surface area contributed by atoms with Crippen LogP contribution in [0.5, 0.6) is 11.5 Å². The summed E-state index contributed by atoms with van der Waals surface area (Å²) in [5.74, 6) is 1.38. The highest BCUT2D eigenvalue weighted by atomic mass is 16.5. The van der Waals surface area contributed by atoms with E-state index in [4.69, 9.17) is 9.47 Å². The van der Waals surface area contributed by atoms with Crippen LogP contribution in [0, 0.1) is 0 Å². The Kier molecular flexibility index (Phi) is 5.24. The minimum absolute atomic E-state index is 0.0136. The molecule has 1 aromatic rings. The summed E-state index contributed by atoms with van der Waals surface area (Å²) in [6, 6.07) is 5.81. The Labute approximate surface area is 119 Å². The van der Waals surface area contributed by atoms with Crippen molar-refractivity contribution in [1.29, 1.82) is 0 Å². The van der Waals surface area contributed by atoms with Gasteiger partial charge >= 0.3 is 0 Å². The molecule has 20 heavy (non-hydrogen) atoms. The van der Waals surface area contributed by atoms with E-state index < -0.39 is 0 Å². The number of ether oxygens (including phenoxy) is 2. The van der Waals surface area contributed by atoms with Gasteiger partial charge in [0.15, 0.2) is 0 Å². The fourth-order valence-electron chi connectivity index (χ4n) is 2.51. The van der Waals surface area contributed by atoms with Crippen molar-refractivity contribution in [3.05, 3.63) is 23.8 Å². The molecule has 0 unspecified atom stereocenters. The summed E-state index contributed by atoms with van der Waals surface area (Å²) in [7, 11) is 3.20. The molecule has 0 saturated carbocycles. The third-order valence-electron chi connectivity index (χ3n) is 3.57. The average Bonchev–Trinajstić information content (AvgIpc) is 2.48. The number of nitrogens with one attached hydrogen (secondary N) is 2. The van der Waals surface area contributed by atoms with Gasteiger partial charge in [0, 0.05) is 11.6 Å². The standard InChI is InChI=1S/C15H22N2O3/c1-19-13-4-3-5-14(20-2)12(13)10-15(18)17-11-6-8-16-9-7-11/h3-5,11,16H,6-10H2,1-2H3,(H,17,18). The largest absolute Gasteiger partial charge is 0.496 e. The highest BCUT2D eigenvalue weighted by Crippen LogP contribution is 2.28. The van der Waals surface area contributed by atoms with Crippen molar-refractivity contribution in [3.8, 4) is 11.5 Å². The Morgan fingerprint density at radius 3 is 2.40 bits per heavy atom. The first kappa shape index (κ1) is 14.7. The number of carbonyl (C=O) groups is 1. The molecule has 1 aliphatic rings. The molecule has 1 saturated heterocycles. The fraction of sp³-hybridized carbons (Fsp3) is 0.533. The molecule has 5 heteroatoms. The van der Waals surface area contributed by atoms with Crippen LogP contribution in [0.4, 0.5) is 0 Å². The van der Waals surface area contributed by atoms with E-state index in [1.807, 2.05) is 18.2 Å². The zero-order valence-corrected chi connectivity index (χ0v) is 12.1. The minimum Gasteiger partial charge on any atom is -0.496 e. The second-order valence-electron chi connectivity index (χ2n) is 4.91. The molecule has 0 bridgehead atoms. The Morgan fingerprint density at radius 2 is 1.85 bits per heavy atom. The topological polar surface area (TPSA) is 59.6 Å². The summed E-state index contributed by atoms with van der Waals surface area (Å²) in [6.07, 6.45) is 2.24. The quantitative estimate of drug-likeness (QED) is 0.847. The molecule has 0 spiro atoms. The highest BCUT2D eigenvalue weighted by Gasteiger charge is 2.18. The van der Waals surface area contributed by atoms with Crippen LogP contribution in [-0.2, 0) is 11.2 Å². The summed E-state index contributed by atoms with van der Waals surface area (Å²) < 4.78 is 10.6. The number of benzene rings is 1. The van der Waals surface area contributed by atoms with E-state index in [-0.39, 0.29) is 18.4 Å². The van der Waals surface area contributed by atoms with E-state index in [9.17, 15) is 4.79 Å². The molecule has 5 nitrogen and oxygen atoms in total. The monoisotopic (exact) mass is 278 g/mol. The maximum absolute atomic E-state index is 12.2. The van der Waals surface area contributed by atoms with Crippen LogP contribution in [0.2, 0.25) is 0 Å². The molecule has 0 atom stereocenters. The Hall–Kier alpha value is -1.75. The summed E-state index contributed by atoms with van der Waals surface area (Å²) in [5.41, 5.74) is 0.795. The van der Waals surface area contributed by atoms with Crippen LogP contribution >= 0.6 is 0 Å². The zero-order chi connectivity index (χ0) is 14.4. The molecule has 110 valence electrons. The molecular weight excluding hydrogens is 256 g/mol. The molecule has 1 aliphatic heterocycles. The van der Waals surface area contributed by atoms with E-state index in [2.05, 4.69) is 10.6 Å². The number of hydrogen-bond donors (Lipinski definition) is 2. The maximum Gasteiger partial charge on any atom is 0.224 e. The van der Waals surface area contributed by atoms with Crippen molar-refractivity contribution in [2.75, 3.05) is 27.3 Å². The van der Waals surface area contributed by atoms with E-state index in [1.54, 1.807) is 14.2 Å². The van der Waals surface area contributed by atoms with Crippen LogP contribution < -0.4 is 20.1 Å². The van der Waals surface area contributed by atoms with E-state index in [1.165, 1.54) is 0 Å². The Bertz CT molecular complexity index is 434. The molecule has 0 radical (unpaired) electrons. The summed E-state index contributed by atoms with van der Waals surface area (Å²) >= 11 is 0. The second kappa shape index (κ2) is 7.14. The summed E-state index contributed by atoms with van der Waals surface area (Å²) in [4.78, 5) is 12.2. The summed E-state index contributed by atoms with van der Waals surface area (Å²) in [6.45, 7) is 1.92.